The third-order valence-electron chi connectivity index (χ3n) is 2.52. The molecule has 0 aliphatic rings. The lowest BCUT2D eigenvalue weighted by Crippen LogP contribution is -2.18. The molecule has 2 aromatic rings. The topological polar surface area (TPSA) is 29.0 Å². The molecule has 0 atom stereocenters. The van der Waals surface area contributed by atoms with Gasteiger partial charge in [-0.2, -0.15) is 0 Å². The summed E-state index contributed by atoms with van der Waals surface area (Å²) < 4.78 is 14.2. The Labute approximate surface area is 114 Å². The van der Waals surface area contributed by atoms with Gasteiger partial charge in [0.2, 0.25) is 0 Å². The van der Waals surface area contributed by atoms with Crippen LogP contribution in [0.25, 0.3) is 0 Å². The van der Waals surface area contributed by atoms with Gasteiger partial charge in [-0.15, -0.1) is 0 Å². The Morgan fingerprint density at radius 2 is 2.17 bits per heavy atom. The molecule has 0 aromatic carbocycles. The van der Waals surface area contributed by atoms with E-state index in [0.29, 0.717) is 16.7 Å². The van der Waals surface area contributed by atoms with E-state index < -0.39 is 0 Å². The number of halogens is 2. The van der Waals surface area contributed by atoms with E-state index >= 15 is 0 Å². The third-order valence-corrected chi connectivity index (χ3v) is 2.95. The van der Waals surface area contributed by atoms with E-state index in [1.165, 1.54) is 6.20 Å². The van der Waals surface area contributed by atoms with E-state index in [0.717, 1.165) is 12.1 Å². The first-order valence-corrected chi connectivity index (χ1v) is 6.32. The maximum absolute atomic E-state index is 13.5. The monoisotopic (exact) mass is 309 g/mol. The molecule has 0 spiro atoms. The van der Waals surface area contributed by atoms with Crippen LogP contribution in [0.5, 0.6) is 0 Å². The lowest BCUT2D eigenvalue weighted by molar-refractivity contribution is 0.313. The van der Waals surface area contributed by atoms with E-state index in [-0.39, 0.29) is 5.82 Å². The molecule has 5 heteroatoms. The lowest BCUT2D eigenvalue weighted by Gasteiger charge is -2.17. The average molecular weight is 310 g/mol. The van der Waals surface area contributed by atoms with Crippen molar-refractivity contribution in [2.24, 2.45) is 0 Å². The van der Waals surface area contributed by atoms with Crippen molar-refractivity contribution in [1.29, 1.82) is 0 Å². The van der Waals surface area contributed by atoms with Crippen LogP contribution in [-0.2, 0) is 13.1 Å². The van der Waals surface area contributed by atoms with Gasteiger partial charge in [0.15, 0.2) is 0 Å². The Kier molecular flexibility index (Phi) is 4.38. The Morgan fingerprint density at radius 1 is 1.33 bits per heavy atom. The molecule has 0 aliphatic carbocycles. The van der Waals surface area contributed by atoms with Crippen LogP contribution < -0.4 is 0 Å². The van der Waals surface area contributed by atoms with Gasteiger partial charge in [0.05, 0.1) is 6.20 Å². The van der Waals surface area contributed by atoms with Gasteiger partial charge in [-0.1, -0.05) is 6.07 Å². The summed E-state index contributed by atoms with van der Waals surface area (Å²) in [6, 6.07) is 5.60. The van der Waals surface area contributed by atoms with Crippen molar-refractivity contribution >= 4 is 15.9 Å². The zero-order chi connectivity index (χ0) is 13.0. The highest BCUT2D eigenvalue weighted by molar-refractivity contribution is 9.10. The molecular weight excluding hydrogens is 297 g/mol. The summed E-state index contributed by atoms with van der Waals surface area (Å²) in [5.41, 5.74) is 1.73. The molecule has 2 rings (SSSR count). The number of rotatable bonds is 4. The highest BCUT2D eigenvalue weighted by Crippen LogP contribution is 2.15. The first-order valence-electron chi connectivity index (χ1n) is 5.52. The number of pyridine rings is 2. The molecule has 3 nitrogen and oxygen atoms in total. The van der Waals surface area contributed by atoms with Crippen LogP contribution in [-0.4, -0.2) is 21.9 Å². The molecule has 0 fully saturated rings. The predicted molar refractivity (Wildman–Crippen MR) is 71.3 cm³/mol. The van der Waals surface area contributed by atoms with Gasteiger partial charge in [0.1, 0.15) is 10.4 Å². The number of nitrogens with zero attached hydrogens (tertiary/aromatic N) is 3. The first-order chi connectivity index (χ1) is 8.65. The Morgan fingerprint density at radius 3 is 2.89 bits per heavy atom. The highest BCUT2D eigenvalue weighted by Gasteiger charge is 2.07. The first kappa shape index (κ1) is 13.1. The van der Waals surface area contributed by atoms with Crippen LogP contribution in [0.2, 0.25) is 0 Å². The fourth-order valence-electron chi connectivity index (χ4n) is 1.72. The van der Waals surface area contributed by atoms with Gasteiger partial charge in [-0.3, -0.25) is 9.88 Å². The smallest absolute Gasteiger partial charge is 0.146 e. The maximum Gasteiger partial charge on any atom is 0.146 e. The van der Waals surface area contributed by atoms with Crippen molar-refractivity contribution in [2.75, 3.05) is 7.05 Å². The molecule has 0 saturated heterocycles. The summed E-state index contributed by atoms with van der Waals surface area (Å²) >= 11 is 3.25. The second-order valence-corrected chi connectivity index (χ2v) is 4.94. The van der Waals surface area contributed by atoms with E-state index in [9.17, 15) is 4.39 Å². The molecule has 0 N–H and O–H groups in total. The molecule has 94 valence electrons. The fraction of sp³-hybridized carbons (Fsp3) is 0.231. The van der Waals surface area contributed by atoms with Gasteiger partial charge < -0.3 is 0 Å². The minimum atomic E-state index is -0.281. The lowest BCUT2D eigenvalue weighted by atomic mass is 10.2. The van der Waals surface area contributed by atoms with E-state index in [4.69, 9.17) is 0 Å². The molecule has 2 heterocycles. The predicted octanol–water partition coefficient (Wildman–Crippen LogP) is 3.01. The largest absolute Gasteiger partial charge is 0.298 e. The average Bonchev–Trinajstić information content (AvgIpc) is 2.35. The minimum Gasteiger partial charge on any atom is -0.298 e. The summed E-state index contributed by atoms with van der Waals surface area (Å²) in [4.78, 5) is 9.93. The molecule has 0 aliphatic heterocycles. The summed E-state index contributed by atoms with van der Waals surface area (Å²) in [6.07, 6.45) is 4.79. The molecule has 0 bridgehead atoms. The van der Waals surface area contributed by atoms with Crippen molar-refractivity contribution in [3.8, 4) is 0 Å². The maximum atomic E-state index is 13.5. The Balaban J connectivity index is 2.03. The molecule has 0 radical (unpaired) electrons. The SMILES string of the molecule is CN(Cc1cccnc1)Cc1cc(Br)ncc1F. The van der Waals surface area contributed by atoms with Crippen LogP contribution in [0.15, 0.2) is 41.4 Å². The van der Waals surface area contributed by atoms with E-state index in [1.807, 2.05) is 30.3 Å². The van der Waals surface area contributed by atoms with Gasteiger partial charge in [-0.05, 0) is 40.7 Å². The van der Waals surface area contributed by atoms with Crippen LogP contribution in [0.4, 0.5) is 4.39 Å². The molecule has 0 amide bonds. The van der Waals surface area contributed by atoms with Crippen molar-refractivity contribution in [1.82, 2.24) is 14.9 Å². The summed E-state index contributed by atoms with van der Waals surface area (Å²) in [5, 5.41) is 0. The summed E-state index contributed by atoms with van der Waals surface area (Å²) in [7, 11) is 1.95. The summed E-state index contributed by atoms with van der Waals surface area (Å²) in [5.74, 6) is -0.281. The number of hydrogen-bond donors (Lipinski definition) is 0. The van der Waals surface area contributed by atoms with Crippen LogP contribution >= 0.6 is 15.9 Å². The quantitative estimate of drug-likeness (QED) is 0.813. The van der Waals surface area contributed by atoms with E-state index in [2.05, 4.69) is 25.9 Å². The molecular formula is C13H13BrFN3. The second kappa shape index (κ2) is 6.02. The fourth-order valence-corrected chi connectivity index (χ4v) is 2.10. The number of aromatic nitrogens is 2. The van der Waals surface area contributed by atoms with Gasteiger partial charge in [-0.25, -0.2) is 9.37 Å². The second-order valence-electron chi connectivity index (χ2n) is 4.13. The van der Waals surface area contributed by atoms with Gasteiger partial charge >= 0.3 is 0 Å². The van der Waals surface area contributed by atoms with Gasteiger partial charge in [0.25, 0.3) is 0 Å². The molecule has 2 aromatic heterocycles. The molecule has 18 heavy (non-hydrogen) atoms. The van der Waals surface area contributed by atoms with Crippen LogP contribution in [0, 0.1) is 5.82 Å². The van der Waals surface area contributed by atoms with Crippen molar-refractivity contribution in [3.63, 3.8) is 0 Å². The van der Waals surface area contributed by atoms with Gasteiger partial charge in [0, 0.05) is 31.0 Å². The highest BCUT2D eigenvalue weighted by atomic mass is 79.9. The van der Waals surface area contributed by atoms with Crippen molar-refractivity contribution in [2.45, 2.75) is 13.1 Å². The zero-order valence-electron chi connectivity index (χ0n) is 9.98. The minimum absolute atomic E-state index is 0.281. The molecule has 0 unspecified atom stereocenters. The Bertz CT molecular complexity index is 519. The van der Waals surface area contributed by atoms with E-state index in [1.54, 1.807) is 12.3 Å². The normalized spacial score (nSPS) is 10.9. The van der Waals surface area contributed by atoms with Crippen molar-refractivity contribution < 1.29 is 4.39 Å². The van der Waals surface area contributed by atoms with Crippen LogP contribution in [0.1, 0.15) is 11.1 Å². The molecule has 0 saturated carbocycles. The van der Waals surface area contributed by atoms with Crippen molar-refractivity contribution in [3.05, 3.63) is 58.3 Å². The zero-order valence-corrected chi connectivity index (χ0v) is 11.6. The number of hydrogen-bond acceptors (Lipinski definition) is 3. The summed E-state index contributed by atoms with van der Waals surface area (Å²) in [6.45, 7) is 1.26. The Hall–Kier alpha value is -1.33. The van der Waals surface area contributed by atoms with Crippen LogP contribution in [0.3, 0.4) is 0 Å². The third kappa shape index (κ3) is 3.58. The standard InChI is InChI=1S/C13H13BrFN3/c1-18(8-10-3-2-4-16-6-10)9-11-5-13(14)17-7-12(11)15/h2-7H,8-9H2,1H3.